The molecule has 0 amide bonds. The molecule has 0 bridgehead atoms. The molecule has 0 saturated carbocycles. The molecule has 1 aromatic rings. The number of hydrogen-bond donors (Lipinski definition) is 2. The van der Waals surface area contributed by atoms with Crippen molar-refractivity contribution in [3.63, 3.8) is 0 Å². The lowest BCUT2D eigenvalue weighted by Crippen LogP contribution is -1.88. The smallest absolute Gasteiger partial charge is 0.232 e. The van der Waals surface area contributed by atoms with E-state index in [-0.39, 0.29) is 11.7 Å². The highest BCUT2D eigenvalue weighted by Gasteiger charge is 2.00. The van der Waals surface area contributed by atoms with Gasteiger partial charge >= 0.3 is 0 Å². The fraction of sp³-hybridized carbons (Fsp3) is 0.333. The van der Waals surface area contributed by atoms with Gasteiger partial charge in [0.1, 0.15) is 21.5 Å². The quantitative estimate of drug-likeness (QED) is 0.582. The molecular formula is C3H5N3O2S2. The van der Waals surface area contributed by atoms with E-state index in [0.29, 0.717) is 5.01 Å². The molecule has 0 saturated heterocycles. The van der Waals surface area contributed by atoms with Crippen molar-refractivity contribution in [3.05, 3.63) is 5.01 Å². The van der Waals surface area contributed by atoms with Gasteiger partial charge in [-0.15, -0.1) is 0 Å². The van der Waals surface area contributed by atoms with E-state index in [1.54, 1.807) is 0 Å². The van der Waals surface area contributed by atoms with Crippen molar-refractivity contribution in [2.45, 2.75) is 5.75 Å². The second kappa shape index (κ2) is 2.93. The minimum absolute atomic E-state index is 0.0653. The Bertz CT molecular complexity index is 284. The van der Waals surface area contributed by atoms with Gasteiger partial charge in [0.05, 0.1) is 0 Å². The maximum Gasteiger partial charge on any atom is 0.232 e. The first-order valence-electron chi connectivity index (χ1n) is 2.38. The molecule has 2 N–H and O–H groups in total. The van der Waals surface area contributed by atoms with Gasteiger partial charge < -0.3 is 5.73 Å². The summed E-state index contributed by atoms with van der Waals surface area (Å²) < 4.78 is 23.8. The SMILES string of the molecule is Nc1nsc(C[SH](=O)=O)n1. The van der Waals surface area contributed by atoms with E-state index in [2.05, 4.69) is 9.36 Å². The van der Waals surface area contributed by atoms with Gasteiger partial charge in [0, 0.05) is 0 Å². The Morgan fingerprint density at radius 2 is 2.30 bits per heavy atom. The summed E-state index contributed by atoms with van der Waals surface area (Å²) >= 11 is 1.01. The summed E-state index contributed by atoms with van der Waals surface area (Å²) in [6.45, 7) is 0. The minimum Gasteiger partial charge on any atom is -0.367 e. The van der Waals surface area contributed by atoms with E-state index >= 15 is 0 Å². The number of rotatable bonds is 2. The molecule has 0 radical (unpaired) electrons. The second-order valence-corrected chi connectivity index (χ2v) is 3.36. The average molecular weight is 179 g/mol. The Morgan fingerprint density at radius 3 is 2.70 bits per heavy atom. The normalized spacial score (nSPS) is 10.5. The molecule has 0 unspecified atom stereocenters. The highest BCUT2D eigenvalue weighted by atomic mass is 32.2. The van der Waals surface area contributed by atoms with Gasteiger partial charge in [-0.3, -0.25) is 0 Å². The maximum absolute atomic E-state index is 10.1. The zero-order valence-electron chi connectivity index (χ0n) is 4.85. The third kappa shape index (κ3) is 1.92. The molecule has 7 heteroatoms. The van der Waals surface area contributed by atoms with Crippen LogP contribution in [-0.4, -0.2) is 17.8 Å². The molecule has 10 heavy (non-hydrogen) atoms. The number of thiol groups is 1. The lowest BCUT2D eigenvalue weighted by Gasteiger charge is -1.78. The first kappa shape index (κ1) is 7.42. The Hall–Kier alpha value is -0.690. The number of aromatic nitrogens is 2. The monoisotopic (exact) mass is 179 g/mol. The first-order valence-corrected chi connectivity index (χ1v) is 4.52. The Balaban J connectivity index is 2.76. The van der Waals surface area contributed by atoms with Crippen molar-refractivity contribution in [1.82, 2.24) is 9.36 Å². The fourth-order valence-electron chi connectivity index (χ4n) is 0.443. The molecule has 0 fully saturated rings. The van der Waals surface area contributed by atoms with Gasteiger partial charge in [0.25, 0.3) is 0 Å². The molecule has 56 valence electrons. The molecule has 0 aromatic carbocycles. The molecule has 5 nitrogen and oxygen atoms in total. The summed E-state index contributed by atoms with van der Waals surface area (Å²) in [4.78, 5) is 3.65. The highest BCUT2D eigenvalue weighted by molar-refractivity contribution is 7.71. The number of nitrogen functional groups attached to an aromatic ring is 1. The van der Waals surface area contributed by atoms with E-state index in [1.165, 1.54) is 0 Å². The third-order valence-corrected chi connectivity index (χ3v) is 2.24. The molecule has 0 aliphatic heterocycles. The predicted molar refractivity (Wildman–Crippen MR) is 38.3 cm³/mol. The number of hydrogen-bond acceptors (Lipinski definition) is 6. The van der Waals surface area contributed by atoms with Gasteiger partial charge in [0.2, 0.25) is 5.95 Å². The standard InChI is InChI=1S/C3H5N3O2S2/c4-3-5-2(9-6-3)1-10(7)8/h10H,1H2,(H2,4,6). The van der Waals surface area contributed by atoms with Gasteiger partial charge in [-0.05, 0) is 11.5 Å². The molecule has 0 spiro atoms. The molecule has 1 heterocycles. The molecule has 0 aliphatic rings. The summed E-state index contributed by atoms with van der Waals surface area (Å²) in [6.07, 6.45) is 0. The lowest BCUT2D eigenvalue weighted by atomic mass is 10.8. The van der Waals surface area contributed by atoms with E-state index in [0.717, 1.165) is 11.5 Å². The fourth-order valence-corrected chi connectivity index (χ4v) is 1.66. The van der Waals surface area contributed by atoms with Crippen molar-refractivity contribution in [1.29, 1.82) is 0 Å². The molecular weight excluding hydrogens is 174 g/mol. The predicted octanol–water partition coefficient (Wildman–Crippen LogP) is -0.768. The van der Waals surface area contributed by atoms with Crippen LogP contribution in [0, 0.1) is 0 Å². The average Bonchev–Trinajstić information content (AvgIpc) is 2.13. The summed E-state index contributed by atoms with van der Waals surface area (Å²) in [5, 5.41) is 0.439. The van der Waals surface area contributed by atoms with Crippen molar-refractivity contribution in [3.8, 4) is 0 Å². The van der Waals surface area contributed by atoms with E-state index in [1.807, 2.05) is 0 Å². The summed E-state index contributed by atoms with van der Waals surface area (Å²) in [7, 11) is -2.41. The van der Waals surface area contributed by atoms with Crippen LogP contribution < -0.4 is 5.73 Å². The topological polar surface area (TPSA) is 85.9 Å². The van der Waals surface area contributed by atoms with Crippen molar-refractivity contribution >= 4 is 28.2 Å². The molecule has 1 rings (SSSR count). The molecule has 0 aliphatic carbocycles. The van der Waals surface area contributed by atoms with Crippen molar-refractivity contribution < 1.29 is 8.42 Å². The Morgan fingerprint density at radius 1 is 1.60 bits per heavy atom. The van der Waals surface area contributed by atoms with Crippen LogP contribution in [0.3, 0.4) is 0 Å². The largest absolute Gasteiger partial charge is 0.367 e. The van der Waals surface area contributed by atoms with Crippen LogP contribution in [0.25, 0.3) is 0 Å². The summed E-state index contributed by atoms with van der Waals surface area (Å²) in [6, 6.07) is 0. The second-order valence-electron chi connectivity index (χ2n) is 1.54. The third-order valence-electron chi connectivity index (χ3n) is 0.748. The van der Waals surface area contributed by atoms with Crippen molar-refractivity contribution in [2.24, 2.45) is 0 Å². The maximum atomic E-state index is 10.1. The van der Waals surface area contributed by atoms with Gasteiger partial charge in [-0.25, -0.2) is 13.4 Å². The van der Waals surface area contributed by atoms with Gasteiger partial charge in [0.15, 0.2) is 0 Å². The minimum atomic E-state index is -2.41. The molecule has 0 atom stereocenters. The lowest BCUT2D eigenvalue weighted by molar-refractivity contribution is 0.614. The van der Waals surface area contributed by atoms with Crippen LogP contribution >= 0.6 is 11.5 Å². The number of nitrogens with zero attached hydrogens (tertiary/aromatic N) is 2. The van der Waals surface area contributed by atoms with Crippen LogP contribution in [0.2, 0.25) is 0 Å². The van der Waals surface area contributed by atoms with Crippen LogP contribution in [0.15, 0.2) is 0 Å². The van der Waals surface area contributed by atoms with Crippen molar-refractivity contribution in [2.75, 3.05) is 5.73 Å². The molecule has 1 aromatic heterocycles. The van der Waals surface area contributed by atoms with E-state index in [4.69, 9.17) is 5.73 Å². The van der Waals surface area contributed by atoms with Crippen LogP contribution in [0.5, 0.6) is 0 Å². The number of anilines is 1. The summed E-state index contributed by atoms with van der Waals surface area (Å²) in [5.74, 6) is 0.0707. The zero-order chi connectivity index (χ0) is 7.56. The van der Waals surface area contributed by atoms with Crippen LogP contribution in [0.1, 0.15) is 5.01 Å². The van der Waals surface area contributed by atoms with Crippen LogP contribution in [-0.2, 0) is 16.5 Å². The Labute approximate surface area is 63.0 Å². The first-order chi connectivity index (χ1) is 4.68. The summed E-state index contributed by atoms with van der Waals surface area (Å²) in [5.41, 5.74) is 5.15. The van der Waals surface area contributed by atoms with Gasteiger partial charge in [-0.1, -0.05) is 0 Å². The zero-order valence-corrected chi connectivity index (χ0v) is 6.56. The Kier molecular flexibility index (Phi) is 2.17. The highest BCUT2D eigenvalue weighted by Crippen LogP contribution is 2.05. The van der Waals surface area contributed by atoms with E-state index < -0.39 is 10.7 Å². The van der Waals surface area contributed by atoms with Gasteiger partial charge in [-0.2, -0.15) is 4.37 Å². The number of nitrogens with two attached hydrogens (primary N) is 1. The van der Waals surface area contributed by atoms with Crippen LogP contribution in [0.4, 0.5) is 5.95 Å². The van der Waals surface area contributed by atoms with E-state index in [9.17, 15) is 8.42 Å².